The van der Waals surface area contributed by atoms with Crippen molar-refractivity contribution in [2.45, 2.75) is 13.3 Å². The fourth-order valence-corrected chi connectivity index (χ4v) is 0.581. The van der Waals surface area contributed by atoms with Crippen LogP contribution in [0.5, 0.6) is 0 Å². The largest absolute Gasteiger partial charge is 0.484 e. The number of nitrogens with one attached hydrogen (secondary N) is 1. The monoisotopic (exact) mass is 322 g/mol. The van der Waals surface area contributed by atoms with Gasteiger partial charge in [0.1, 0.15) is 0 Å². The van der Waals surface area contributed by atoms with E-state index in [2.05, 4.69) is 30.3 Å². The molecule has 2 heteroatoms. The maximum atomic E-state index is 3.25. The molecule has 0 radical (unpaired) electrons. The van der Waals surface area contributed by atoms with Crippen LogP contribution in [-0.2, 0) is 19.5 Å². The summed E-state index contributed by atoms with van der Waals surface area (Å²) in [5.74, 6) is 0. The standard InChI is InChI=1S/C5H5.C4H4N.C2H5.4CH3.Ru/c2*1-2-4-5-3-1;1-2;;;;;/h1-3H,4H2;1-3,5H;1H2,2H3;4*1H3;/q7*-1;. The van der Waals surface area contributed by atoms with Gasteiger partial charge in [-0.1, -0.05) is 0 Å². The second-order valence-corrected chi connectivity index (χ2v) is 1.82. The minimum absolute atomic E-state index is 0. The molecular formula is C15H26NRu-7. The summed E-state index contributed by atoms with van der Waals surface area (Å²) >= 11 is 0. The third-order valence-corrected chi connectivity index (χ3v) is 1.03. The van der Waals surface area contributed by atoms with Crippen LogP contribution in [0.25, 0.3) is 0 Å². The molecule has 0 bridgehead atoms. The quantitative estimate of drug-likeness (QED) is 0.524. The Morgan fingerprint density at radius 2 is 1.71 bits per heavy atom. The Labute approximate surface area is 123 Å². The van der Waals surface area contributed by atoms with Crippen LogP contribution in [0.3, 0.4) is 0 Å². The van der Waals surface area contributed by atoms with E-state index in [0.29, 0.717) is 0 Å². The van der Waals surface area contributed by atoms with Crippen LogP contribution in [0, 0.1) is 48.9 Å². The number of aromatic amines is 1. The molecule has 1 aliphatic rings. The molecule has 2 rings (SSSR count). The van der Waals surface area contributed by atoms with Gasteiger partial charge in [0, 0.05) is 19.5 Å². The summed E-state index contributed by atoms with van der Waals surface area (Å²) in [6, 6.07) is 3.71. The summed E-state index contributed by atoms with van der Waals surface area (Å²) in [6.07, 6.45) is 14.6. The molecule has 0 aliphatic heterocycles. The molecule has 17 heavy (non-hydrogen) atoms. The van der Waals surface area contributed by atoms with Gasteiger partial charge in [0.15, 0.2) is 0 Å². The average molecular weight is 321 g/mol. The molecule has 0 unspecified atom stereocenters. The predicted molar refractivity (Wildman–Crippen MR) is 77.9 cm³/mol. The summed E-state index contributed by atoms with van der Waals surface area (Å²) in [5.41, 5.74) is 0. The van der Waals surface area contributed by atoms with E-state index >= 15 is 0 Å². The van der Waals surface area contributed by atoms with Crippen LogP contribution in [0.4, 0.5) is 0 Å². The third kappa shape index (κ3) is 31.3. The molecule has 0 spiro atoms. The Balaban J connectivity index is -0.0000000247. The van der Waals surface area contributed by atoms with Crippen molar-refractivity contribution in [1.29, 1.82) is 0 Å². The third-order valence-electron chi connectivity index (χ3n) is 1.03. The van der Waals surface area contributed by atoms with Gasteiger partial charge in [-0.3, -0.25) is 6.08 Å². The van der Waals surface area contributed by atoms with E-state index in [1.165, 1.54) is 0 Å². The van der Waals surface area contributed by atoms with Crippen molar-refractivity contribution in [3.8, 4) is 0 Å². The molecule has 1 heterocycles. The summed E-state index contributed by atoms with van der Waals surface area (Å²) < 4.78 is 0. The van der Waals surface area contributed by atoms with Gasteiger partial charge >= 0.3 is 0 Å². The molecule has 0 atom stereocenters. The van der Waals surface area contributed by atoms with Crippen molar-refractivity contribution in [2.24, 2.45) is 0 Å². The molecule has 1 aromatic heterocycles. The van der Waals surface area contributed by atoms with Crippen molar-refractivity contribution in [1.82, 2.24) is 4.98 Å². The molecule has 1 aliphatic carbocycles. The van der Waals surface area contributed by atoms with Crippen molar-refractivity contribution in [3.05, 3.63) is 85.5 Å². The van der Waals surface area contributed by atoms with Gasteiger partial charge in [-0.15, -0.1) is 12.6 Å². The number of rotatable bonds is 0. The second-order valence-electron chi connectivity index (χ2n) is 1.82. The molecule has 0 amide bonds. The first-order chi connectivity index (χ1) is 6.00. The Morgan fingerprint density at radius 3 is 1.82 bits per heavy atom. The normalized spacial score (nSPS) is 7.88. The molecular weight excluding hydrogens is 295 g/mol. The van der Waals surface area contributed by atoms with Gasteiger partial charge < -0.3 is 41.6 Å². The number of hydrogen-bond donors (Lipinski definition) is 1. The zero-order chi connectivity index (χ0) is 9.07. The maximum absolute atomic E-state index is 3.25. The molecule has 1 N–H and O–H groups in total. The van der Waals surface area contributed by atoms with Crippen LogP contribution in [-0.4, -0.2) is 4.98 Å². The van der Waals surface area contributed by atoms with Crippen LogP contribution in [0.1, 0.15) is 13.3 Å². The van der Waals surface area contributed by atoms with E-state index in [4.69, 9.17) is 0 Å². The number of aromatic nitrogens is 1. The SMILES string of the molecule is [C-]1=CC=CC1.[CH2-]C.[CH3-].[CH3-].[CH3-].[CH3-].[Ru].[c-]1ccc[nH]1. The van der Waals surface area contributed by atoms with E-state index in [1.807, 2.05) is 30.5 Å². The summed E-state index contributed by atoms with van der Waals surface area (Å²) in [6.45, 7) is 5.00. The summed E-state index contributed by atoms with van der Waals surface area (Å²) in [7, 11) is 0. The first-order valence-corrected chi connectivity index (χ1v) is 3.92. The van der Waals surface area contributed by atoms with Gasteiger partial charge in [-0.2, -0.15) is 31.3 Å². The van der Waals surface area contributed by atoms with Crippen molar-refractivity contribution < 1.29 is 19.5 Å². The van der Waals surface area contributed by atoms with Crippen LogP contribution in [0.15, 0.2) is 36.6 Å². The van der Waals surface area contributed by atoms with E-state index in [1.54, 1.807) is 6.92 Å². The van der Waals surface area contributed by atoms with E-state index in [0.717, 1.165) is 6.42 Å². The maximum Gasteiger partial charge on any atom is 0 e. The Kier molecular flexibility index (Phi) is 76.5. The number of H-pyrrole nitrogens is 1. The summed E-state index contributed by atoms with van der Waals surface area (Å²) in [5, 5.41) is 0. The zero-order valence-electron chi connectivity index (χ0n) is 11.7. The van der Waals surface area contributed by atoms with Gasteiger partial charge in [0.05, 0.1) is 0 Å². The van der Waals surface area contributed by atoms with E-state index in [-0.39, 0.29) is 49.2 Å². The Bertz CT molecular complexity index is 173. The predicted octanol–water partition coefficient (Wildman–Crippen LogP) is 4.76. The Morgan fingerprint density at radius 1 is 1.12 bits per heavy atom. The average Bonchev–Trinajstić information content (AvgIpc) is 2.87. The van der Waals surface area contributed by atoms with Crippen LogP contribution >= 0.6 is 0 Å². The van der Waals surface area contributed by atoms with Crippen molar-refractivity contribution in [2.75, 3.05) is 0 Å². The minimum Gasteiger partial charge on any atom is -0.484 e. The van der Waals surface area contributed by atoms with Crippen LogP contribution < -0.4 is 0 Å². The van der Waals surface area contributed by atoms with Crippen LogP contribution in [0.2, 0.25) is 0 Å². The van der Waals surface area contributed by atoms with E-state index < -0.39 is 0 Å². The molecule has 1 nitrogen and oxygen atoms in total. The molecule has 106 valence electrons. The minimum atomic E-state index is 0. The van der Waals surface area contributed by atoms with Crippen molar-refractivity contribution >= 4 is 0 Å². The van der Waals surface area contributed by atoms with Gasteiger partial charge in [0.25, 0.3) is 0 Å². The molecule has 1 aromatic rings. The topological polar surface area (TPSA) is 15.8 Å². The van der Waals surface area contributed by atoms with Crippen molar-refractivity contribution in [3.63, 3.8) is 0 Å². The first kappa shape index (κ1) is 36.0. The summed E-state index contributed by atoms with van der Waals surface area (Å²) in [4.78, 5) is 2.74. The van der Waals surface area contributed by atoms with E-state index in [9.17, 15) is 0 Å². The molecule has 0 fully saturated rings. The van der Waals surface area contributed by atoms with Gasteiger partial charge in [-0.05, 0) is 0 Å². The fraction of sp³-hybridized carbons (Fsp3) is 0.133. The second kappa shape index (κ2) is 36.1. The Hall–Kier alpha value is -0.617. The molecule has 0 aromatic carbocycles. The number of allylic oxidation sites excluding steroid dienone is 4. The van der Waals surface area contributed by atoms with Gasteiger partial charge in [-0.25, -0.2) is 12.2 Å². The zero-order valence-corrected chi connectivity index (χ0v) is 13.5. The molecule has 0 saturated carbocycles. The first-order valence-electron chi connectivity index (χ1n) is 3.92. The smallest absolute Gasteiger partial charge is 0 e. The van der Waals surface area contributed by atoms with Gasteiger partial charge in [0.2, 0.25) is 0 Å². The fourth-order valence-electron chi connectivity index (χ4n) is 0.581. The molecule has 0 saturated heterocycles. The number of hydrogen-bond acceptors (Lipinski definition) is 0.